The Kier molecular flexibility index (Phi) is 4.86. The predicted molar refractivity (Wildman–Crippen MR) is 75.1 cm³/mol. The number of aromatic nitrogens is 2. The molecule has 0 saturated heterocycles. The second kappa shape index (κ2) is 6.85. The number of methoxy groups -OCH3 is 1. The van der Waals surface area contributed by atoms with Crippen molar-refractivity contribution in [1.82, 2.24) is 15.3 Å². The maximum Gasteiger partial charge on any atom is 0.119 e. The molecule has 0 aliphatic rings. The average Bonchev–Trinajstić information content (AvgIpc) is 2.48. The number of nitrogens with zero attached hydrogens (tertiary/aromatic N) is 2. The third kappa shape index (κ3) is 3.76. The van der Waals surface area contributed by atoms with Crippen LogP contribution in [0.4, 0.5) is 0 Å². The fourth-order valence-corrected chi connectivity index (χ4v) is 2.08. The highest BCUT2D eigenvalue weighted by Gasteiger charge is 2.12. The molecule has 0 bridgehead atoms. The van der Waals surface area contributed by atoms with Gasteiger partial charge in [-0.1, -0.05) is 19.1 Å². The number of hydrogen-bond acceptors (Lipinski definition) is 4. The van der Waals surface area contributed by atoms with Crippen LogP contribution in [0.3, 0.4) is 0 Å². The topological polar surface area (TPSA) is 47.0 Å². The van der Waals surface area contributed by atoms with Gasteiger partial charge in [-0.2, -0.15) is 0 Å². The first-order valence-corrected chi connectivity index (χ1v) is 6.44. The number of nitrogens with one attached hydrogen (secondary N) is 1. The van der Waals surface area contributed by atoms with E-state index < -0.39 is 0 Å². The molecule has 0 aliphatic carbocycles. The molecule has 4 nitrogen and oxygen atoms in total. The maximum atomic E-state index is 5.26. The van der Waals surface area contributed by atoms with Crippen LogP contribution in [0.1, 0.15) is 24.1 Å². The van der Waals surface area contributed by atoms with Crippen molar-refractivity contribution in [2.45, 2.75) is 19.4 Å². The summed E-state index contributed by atoms with van der Waals surface area (Å²) >= 11 is 0. The van der Waals surface area contributed by atoms with E-state index in [0.717, 1.165) is 24.3 Å². The summed E-state index contributed by atoms with van der Waals surface area (Å²) < 4.78 is 5.26. The van der Waals surface area contributed by atoms with Gasteiger partial charge in [-0.15, -0.1) is 0 Å². The van der Waals surface area contributed by atoms with Crippen molar-refractivity contribution in [3.05, 3.63) is 54.1 Å². The molecule has 2 rings (SSSR count). The SMILES string of the molecule is CCNC(Cc1cccc(OC)c1)c1cncnc1. The van der Waals surface area contributed by atoms with E-state index in [4.69, 9.17) is 4.74 Å². The number of likely N-dealkylation sites (N-methyl/N-ethyl adjacent to an activating group) is 1. The van der Waals surface area contributed by atoms with Gasteiger partial charge in [0, 0.05) is 24.0 Å². The van der Waals surface area contributed by atoms with Crippen molar-refractivity contribution in [3.63, 3.8) is 0 Å². The fourth-order valence-electron chi connectivity index (χ4n) is 2.08. The van der Waals surface area contributed by atoms with Gasteiger partial charge >= 0.3 is 0 Å². The van der Waals surface area contributed by atoms with Crippen molar-refractivity contribution in [2.75, 3.05) is 13.7 Å². The molecule has 0 radical (unpaired) electrons. The van der Waals surface area contributed by atoms with Crippen LogP contribution < -0.4 is 10.1 Å². The molecule has 2 aromatic rings. The molecule has 19 heavy (non-hydrogen) atoms. The first-order chi connectivity index (χ1) is 9.33. The number of ether oxygens (including phenoxy) is 1. The Morgan fingerprint density at radius 2 is 2.05 bits per heavy atom. The average molecular weight is 257 g/mol. The van der Waals surface area contributed by atoms with Crippen molar-refractivity contribution in [1.29, 1.82) is 0 Å². The highest BCUT2D eigenvalue weighted by atomic mass is 16.5. The summed E-state index contributed by atoms with van der Waals surface area (Å²) in [5.74, 6) is 0.886. The van der Waals surface area contributed by atoms with E-state index in [1.165, 1.54) is 5.56 Å². The summed E-state index contributed by atoms with van der Waals surface area (Å²) in [4.78, 5) is 8.17. The Labute approximate surface area is 113 Å². The molecule has 0 amide bonds. The van der Waals surface area contributed by atoms with E-state index in [0.29, 0.717) is 0 Å². The second-order valence-corrected chi connectivity index (χ2v) is 4.34. The minimum atomic E-state index is 0.221. The van der Waals surface area contributed by atoms with Crippen LogP contribution in [0, 0.1) is 0 Å². The molecule has 0 aliphatic heterocycles. The van der Waals surface area contributed by atoms with E-state index in [-0.39, 0.29) is 6.04 Å². The number of rotatable bonds is 6. The summed E-state index contributed by atoms with van der Waals surface area (Å²) in [7, 11) is 1.69. The lowest BCUT2D eigenvalue weighted by molar-refractivity contribution is 0.414. The Balaban J connectivity index is 2.16. The van der Waals surface area contributed by atoms with Crippen LogP contribution in [0.5, 0.6) is 5.75 Å². The lowest BCUT2D eigenvalue weighted by Crippen LogP contribution is -2.23. The minimum absolute atomic E-state index is 0.221. The molecular formula is C15H19N3O. The van der Waals surface area contributed by atoms with Gasteiger partial charge in [-0.25, -0.2) is 9.97 Å². The second-order valence-electron chi connectivity index (χ2n) is 4.34. The quantitative estimate of drug-likeness (QED) is 0.863. The first-order valence-electron chi connectivity index (χ1n) is 6.44. The molecule has 1 unspecified atom stereocenters. The highest BCUT2D eigenvalue weighted by molar-refractivity contribution is 5.30. The fraction of sp³-hybridized carbons (Fsp3) is 0.333. The molecule has 1 aromatic carbocycles. The van der Waals surface area contributed by atoms with Gasteiger partial charge < -0.3 is 10.1 Å². The largest absolute Gasteiger partial charge is 0.497 e. The van der Waals surface area contributed by atoms with Crippen LogP contribution >= 0.6 is 0 Å². The predicted octanol–water partition coefficient (Wildman–Crippen LogP) is 2.38. The molecule has 1 atom stereocenters. The van der Waals surface area contributed by atoms with Gasteiger partial charge in [0.2, 0.25) is 0 Å². The van der Waals surface area contributed by atoms with Crippen molar-refractivity contribution < 1.29 is 4.74 Å². The standard InChI is InChI=1S/C15H19N3O/c1-3-18-15(13-9-16-11-17-10-13)8-12-5-4-6-14(7-12)19-2/h4-7,9-11,15,18H,3,8H2,1-2H3. The Bertz CT molecular complexity index is 502. The van der Waals surface area contributed by atoms with Crippen LogP contribution in [-0.2, 0) is 6.42 Å². The lowest BCUT2D eigenvalue weighted by atomic mass is 10.0. The summed E-state index contributed by atoms with van der Waals surface area (Å²) in [6, 6.07) is 8.36. The molecule has 4 heteroatoms. The molecule has 100 valence electrons. The number of benzene rings is 1. The Morgan fingerprint density at radius 1 is 1.26 bits per heavy atom. The van der Waals surface area contributed by atoms with Gasteiger partial charge in [0.1, 0.15) is 12.1 Å². The molecule has 1 aromatic heterocycles. The summed E-state index contributed by atoms with van der Waals surface area (Å²) in [5, 5.41) is 3.46. The Morgan fingerprint density at radius 3 is 2.74 bits per heavy atom. The van der Waals surface area contributed by atoms with Crippen LogP contribution in [0.25, 0.3) is 0 Å². The third-order valence-electron chi connectivity index (χ3n) is 3.01. The van der Waals surface area contributed by atoms with Gasteiger partial charge in [-0.3, -0.25) is 0 Å². The van der Waals surface area contributed by atoms with Crippen LogP contribution in [-0.4, -0.2) is 23.6 Å². The minimum Gasteiger partial charge on any atom is -0.497 e. The van der Waals surface area contributed by atoms with Crippen LogP contribution in [0.2, 0.25) is 0 Å². The smallest absolute Gasteiger partial charge is 0.119 e. The molecule has 0 fully saturated rings. The molecule has 1 N–H and O–H groups in total. The summed E-state index contributed by atoms with van der Waals surface area (Å²) in [6.07, 6.45) is 6.16. The summed E-state index contributed by atoms with van der Waals surface area (Å²) in [5.41, 5.74) is 2.33. The van der Waals surface area contributed by atoms with Crippen molar-refractivity contribution in [3.8, 4) is 5.75 Å². The zero-order valence-electron chi connectivity index (χ0n) is 11.3. The van der Waals surface area contributed by atoms with E-state index in [9.17, 15) is 0 Å². The highest BCUT2D eigenvalue weighted by Crippen LogP contribution is 2.20. The monoisotopic (exact) mass is 257 g/mol. The van der Waals surface area contributed by atoms with Crippen LogP contribution in [0.15, 0.2) is 43.0 Å². The zero-order chi connectivity index (χ0) is 13.5. The van der Waals surface area contributed by atoms with Crippen molar-refractivity contribution in [2.24, 2.45) is 0 Å². The maximum absolute atomic E-state index is 5.26. The van der Waals surface area contributed by atoms with E-state index in [2.05, 4.69) is 34.3 Å². The van der Waals surface area contributed by atoms with E-state index in [1.54, 1.807) is 13.4 Å². The normalized spacial score (nSPS) is 12.1. The van der Waals surface area contributed by atoms with Gasteiger partial charge in [-0.05, 0) is 30.7 Å². The van der Waals surface area contributed by atoms with Gasteiger partial charge in [0.15, 0.2) is 0 Å². The molecule has 1 heterocycles. The Hall–Kier alpha value is -1.94. The first kappa shape index (κ1) is 13.5. The van der Waals surface area contributed by atoms with Crippen molar-refractivity contribution >= 4 is 0 Å². The van der Waals surface area contributed by atoms with E-state index in [1.807, 2.05) is 24.5 Å². The lowest BCUT2D eigenvalue weighted by Gasteiger charge is -2.18. The summed E-state index contributed by atoms with van der Waals surface area (Å²) in [6.45, 7) is 3.01. The molecule has 0 saturated carbocycles. The molecule has 0 spiro atoms. The third-order valence-corrected chi connectivity index (χ3v) is 3.01. The van der Waals surface area contributed by atoms with Gasteiger partial charge in [0.25, 0.3) is 0 Å². The number of hydrogen-bond donors (Lipinski definition) is 1. The molecular weight excluding hydrogens is 238 g/mol. The van der Waals surface area contributed by atoms with Gasteiger partial charge in [0.05, 0.1) is 7.11 Å². The zero-order valence-corrected chi connectivity index (χ0v) is 11.3. The van der Waals surface area contributed by atoms with E-state index >= 15 is 0 Å².